The van der Waals surface area contributed by atoms with Gasteiger partial charge in [0.15, 0.2) is 0 Å². The highest BCUT2D eigenvalue weighted by molar-refractivity contribution is 5.89. The van der Waals surface area contributed by atoms with Gasteiger partial charge in [-0.3, -0.25) is 4.90 Å². The summed E-state index contributed by atoms with van der Waals surface area (Å²) < 4.78 is 10.6. The minimum absolute atomic E-state index is 0.197. The van der Waals surface area contributed by atoms with Crippen molar-refractivity contribution in [3.05, 3.63) is 60.2 Å². The summed E-state index contributed by atoms with van der Waals surface area (Å²) in [6, 6.07) is 16.6. The maximum atomic E-state index is 12.7. The number of anilines is 1. The second-order valence-electron chi connectivity index (χ2n) is 9.06. The number of carbonyl (C=O) groups excluding carboxylic acids is 2. The van der Waals surface area contributed by atoms with Crippen molar-refractivity contribution >= 4 is 17.8 Å². The Balaban J connectivity index is 1.59. The van der Waals surface area contributed by atoms with E-state index in [-0.39, 0.29) is 18.2 Å². The second-order valence-corrected chi connectivity index (χ2v) is 9.06. The molecule has 0 saturated carbocycles. The molecule has 178 valence electrons. The van der Waals surface area contributed by atoms with Crippen LogP contribution in [0.4, 0.5) is 15.3 Å². The molecule has 33 heavy (non-hydrogen) atoms. The summed E-state index contributed by atoms with van der Waals surface area (Å²) in [4.78, 5) is 29.1. The zero-order valence-electron chi connectivity index (χ0n) is 19.8. The molecule has 1 saturated heterocycles. The molecule has 0 bridgehead atoms. The Morgan fingerprint density at radius 3 is 2.18 bits per heavy atom. The van der Waals surface area contributed by atoms with Crippen molar-refractivity contribution < 1.29 is 19.1 Å². The summed E-state index contributed by atoms with van der Waals surface area (Å²) in [7, 11) is 1.60. The minimum Gasteiger partial charge on any atom is -0.497 e. The van der Waals surface area contributed by atoms with Gasteiger partial charge in [-0.15, -0.1) is 0 Å². The van der Waals surface area contributed by atoms with Crippen molar-refractivity contribution in [2.75, 3.05) is 45.2 Å². The van der Waals surface area contributed by atoms with Gasteiger partial charge in [0, 0.05) is 38.4 Å². The summed E-state index contributed by atoms with van der Waals surface area (Å²) in [5, 5.41) is 5.98. The largest absolute Gasteiger partial charge is 0.497 e. The van der Waals surface area contributed by atoms with E-state index in [9.17, 15) is 9.59 Å². The lowest BCUT2D eigenvalue weighted by Gasteiger charge is -2.37. The summed E-state index contributed by atoms with van der Waals surface area (Å²) in [6.45, 7) is 8.86. The normalized spacial score (nSPS) is 15.5. The zero-order valence-corrected chi connectivity index (χ0v) is 19.8. The maximum absolute atomic E-state index is 12.7. The molecule has 0 radical (unpaired) electrons. The standard InChI is InChI=1S/C25H34N4O4/c1-25(2,3)33-24(31)29-16-14-28(15-17-29)18-22(19-8-6-5-7-9-19)27-23(30)26-20-10-12-21(32-4)13-11-20/h5-13,22H,14-18H2,1-4H3,(H2,26,27,30)/t22-/m0/s1. The second kappa shape index (κ2) is 11.0. The van der Waals surface area contributed by atoms with Gasteiger partial charge in [0.25, 0.3) is 0 Å². The number of carbonyl (C=O) groups is 2. The molecule has 1 atom stereocenters. The van der Waals surface area contributed by atoms with E-state index in [4.69, 9.17) is 9.47 Å². The first kappa shape index (κ1) is 24.4. The number of benzene rings is 2. The molecule has 0 spiro atoms. The number of ether oxygens (including phenoxy) is 2. The number of hydrogen-bond donors (Lipinski definition) is 2. The first-order valence-electron chi connectivity index (χ1n) is 11.2. The zero-order chi connectivity index (χ0) is 23.8. The number of piperazine rings is 1. The summed E-state index contributed by atoms with van der Waals surface area (Å²) in [5.74, 6) is 0.730. The Labute approximate surface area is 195 Å². The molecule has 0 aromatic heterocycles. The summed E-state index contributed by atoms with van der Waals surface area (Å²) in [6.07, 6.45) is -0.279. The summed E-state index contributed by atoms with van der Waals surface area (Å²) in [5.41, 5.74) is 1.20. The Morgan fingerprint density at radius 1 is 0.970 bits per heavy atom. The monoisotopic (exact) mass is 454 g/mol. The molecule has 8 heteroatoms. The molecule has 1 aliphatic rings. The molecular formula is C25H34N4O4. The van der Waals surface area contributed by atoms with Gasteiger partial charge >= 0.3 is 12.1 Å². The van der Waals surface area contributed by atoms with Crippen molar-refractivity contribution in [2.24, 2.45) is 0 Å². The molecule has 0 aliphatic carbocycles. The highest BCUT2D eigenvalue weighted by Gasteiger charge is 2.27. The molecule has 1 fully saturated rings. The molecule has 2 aromatic rings. The molecule has 1 heterocycles. The number of nitrogens with zero attached hydrogens (tertiary/aromatic N) is 2. The molecule has 1 aliphatic heterocycles. The van der Waals surface area contributed by atoms with Crippen LogP contribution in [0.5, 0.6) is 5.75 Å². The van der Waals surface area contributed by atoms with Gasteiger partial charge in [0.05, 0.1) is 13.2 Å². The van der Waals surface area contributed by atoms with Crippen molar-refractivity contribution in [3.63, 3.8) is 0 Å². The van der Waals surface area contributed by atoms with Crippen molar-refractivity contribution in [1.82, 2.24) is 15.1 Å². The van der Waals surface area contributed by atoms with Crippen LogP contribution in [0.1, 0.15) is 32.4 Å². The van der Waals surface area contributed by atoms with E-state index in [1.807, 2.05) is 51.1 Å². The number of amides is 3. The Morgan fingerprint density at radius 2 is 1.61 bits per heavy atom. The fourth-order valence-electron chi connectivity index (χ4n) is 3.62. The molecule has 3 amide bonds. The first-order chi connectivity index (χ1) is 15.7. The van der Waals surface area contributed by atoms with E-state index in [1.165, 1.54) is 0 Å². The third-order valence-electron chi connectivity index (χ3n) is 5.32. The lowest BCUT2D eigenvalue weighted by molar-refractivity contribution is 0.0139. The van der Waals surface area contributed by atoms with Gasteiger partial charge in [0.1, 0.15) is 11.4 Å². The van der Waals surface area contributed by atoms with E-state index in [0.717, 1.165) is 11.3 Å². The Kier molecular flexibility index (Phi) is 8.16. The van der Waals surface area contributed by atoms with Crippen LogP contribution in [-0.4, -0.2) is 67.4 Å². The van der Waals surface area contributed by atoms with Crippen LogP contribution in [0.3, 0.4) is 0 Å². The Hall–Kier alpha value is -3.26. The number of nitrogens with one attached hydrogen (secondary N) is 2. The van der Waals surface area contributed by atoms with Gasteiger partial charge in [-0.2, -0.15) is 0 Å². The quantitative estimate of drug-likeness (QED) is 0.686. The smallest absolute Gasteiger partial charge is 0.410 e. The number of methoxy groups -OCH3 is 1. The van der Waals surface area contributed by atoms with Crippen molar-refractivity contribution in [2.45, 2.75) is 32.4 Å². The van der Waals surface area contributed by atoms with Crippen LogP contribution in [0, 0.1) is 0 Å². The van der Waals surface area contributed by atoms with E-state index in [2.05, 4.69) is 15.5 Å². The summed E-state index contributed by atoms with van der Waals surface area (Å²) >= 11 is 0. The maximum Gasteiger partial charge on any atom is 0.410 e. The lowest BCUT2D eigenvalue weighted by Crippen LogP contribution is -2.52. The predicted octanol–water partition coefficient (Wildman–Crippen LogP) is 4.11. The van der Waals surface area contributed by atoms with Crippen LogP contribution >= 0.6 is 0 Å². The van der Waals surface area contributed by atoms with Gasteiger partial charge in [0.2, 0.25) is 0 Å². The topological polar surface area (TPSA) is 83.1 Å². The fraction of sp³-hybridized carbons (Fsp3) is 0.440. The first-order valence-corrected chi connectivity index (χ1v) is 11.2. The number of hydrogen-bond acceptors (Lipinski definition) is 5. The van der Waals surface area contributed by atoms with Crippen molar-refractivity contribution in [1.29, 1.82) is 0 Å². The van der Waals surface area contributed by atoms with Gasteiger partial charge < -0.3 is 25.0 Å². The van der Waals surface area contributed by atoms with E-state index < -0.39 is 5.60 Å². The van der Waals surface area contributed by atoms with Crippen molar-refractivity contribution in [3.8, 4) is 5.75 Å². The Bertz CT molecular complexity index is 904. The van der Waals surface area contributed by atoms with Gasteiger partial charge in [-0.1, -0.05) is 30.3 Å². The van der Waals surface area contributed by atoms with Gasteiger partial charge in [-0.25, -0.2) is 9.59 Å². The highest BCUT2D eigenvalue weighted by Crippen LogP contribution is 2.19. The van der Waals surface area contributed by atoms with E-state index in [0.29, 0.717) is 38.4 Å². The SMILES string of the molecule is COc1ccc(NC(=O)N[C@@H](CN2CCN(C(=O)OC(C)(C)C)CC2)c2ccccc2)cc1. The molecule has 8 nitrogen and oxygen atoms in total. The van der Waals surface area contributed by atoms with Crippen LogP contribution in [0.2, 0.25) is 0 Å². The molecule has 3 rings (SSSR count). The minimum atomic E-state index is -0.506. The third kappa shape index (κ3) is 7.68. The number of urea groups is 1. The molecule has 2 aromatic carbocycles. The van der Waals surface area contributed by atoms with E-state index >= 15 is 0 Å². The fourth-order valence-corrected chi connectivity index (χ4v) is 3.62. The predicted molar refractivity (Wildman–Crippen MR) is 129 cm³/mol. The average Bonchev–Trinajstić information content (AvgIpc) is 2.79. The highest BCUT2D eigenvalue weighted by atomic mass is 16.6. The molecule has 0 unspecified atom stereocenters. The van der Waals surface area contributed by atoms with Gasteiger partial charge in [-0.05, 0) is 50.6 Å². The lowest BCUT2D eigenvalue weighted by atomic mass is 10.1. The van der Waals surface area contributed by atoms with Crippen LogP contribution in [-0.2, 0) is 4.74 Å². The van der Waals surface area contributed by atoms with Crippen LogP contribution < -0.4 is 15.4 Å². The van der Waals surface area contributed by atoms with E-state index in [1.54, 1.807) is 36.3 Å². The molecule has 2 N–H and O–H groups in total. The molecular weight excluding hydrogens is 420 g/mol. The average molecular weight is 455 g/mol. The number of rotatable bonds is 6. The van der Waals surface area contributed by atoms with Crippen LogP contribution in [0.15, 0.2) is 54.6 Å². The van der Waals surface area contributed by atoms with Crippen LogP contribution in [0.25, 0.3) is 0 Å². The third-order valence-corrected chi connectivity index (χ3v) is 5.32.